The Kier molecular flexibility index (Phi) is 5.27. The molecule has 0 unspecified atom stereocenters. The van der Waals surface area contributed by atoms with Gasteiger partial charge in [-0.05, 0) is 48.0 Å². The van der Waals surface area contributed by atoms with Crippen LogP contribution in [0.3, 0.4) is 0 Å². The lowest BCUT2D eigenvalue weighted by Gasteiger charge is -2.05. The fourth-order valence-corrected chi connectivity index (χ4v) is 2.93. The van der Waals surface area contributed by atoms with E-state index in [1.165, 1.54) is 6.07 Å². The van der Waals surface area contributed by atoms with Crippen LogP contribution >= 0.6 is 11.6 Å². The number of Topliss-reactive ketones (excluding diaryl/α,β-unsaturated/α-hetero) is 1. The highest BCUT2D eigenvalue weighted by Crippen LogP contribution is 2.34. The summed E-state index contributed by atoms with van der Waals surface area (Å²) in [5.74, 6) is 0.127. The Balaban J connectivity index is 1.48. The number of rotatable bonds is 4. The summed E-state index contributed by atoms with van der Waals surface area (Å²) in [6.07, 6.45) is 5.26. The van der Waals surface area contributed by atoms with Crippen molar-refractivity contribution in [1.82, 2.24) is 0 Å². The molecule has 4 rings (SSSR count). The molecule has 0 aromatic heterocycles. The van der Waals surface area contributed by atoms with Crippen LogP contribution in [0.25, 0.3) is 6.08 Å². The van der Waals surface area contributed by atoms with Gasteiger partial charge in [-0.2, -0.15) is 0 Å². The highest BCUT2D eigenvalue weighted by molar-refractivity contribution is 6.30. The van der Waals surface area contributed by atoms with Gasteiger partial charge in [0, 0.05) is 11.1 Å². The first-order valence-corrected chi connectivity index (χ1v) is 9.26. The Bertz CT molecular complexity index is 1130. The largest absolute Gasteiger partial charge is 0.452 e. The molecule has 0 aliphatic carbocycles. The van der Waals surface area contributed by atoms with Crippen molar-refractivity contribution in [2.75, 3.05) is 0 Å². The minimum Gasteiger partial charge on any atom is -0.452 e. The third-order valence-electron chi connectivity index (χ3n) is 4.27. The fraction of sp³-hybridized carbons (Fsp3) is 0. The van der Waals surface area contributed by atoms with Gasteiger partial charge in [0.25, 0.3) is 0 Å². The van der Waals surface area contributed by atoms with Gasteiger partial charge in [0.2, 0.25) is 5.78 Å². The average molecular weight is 403 g/mol. The maximum absolute atomic E-state index is 12.5. The van der Waals surface area contributed by atoms with Crippen molar-refractivity contribution in [3.8, 4) is 11.5 Å². The monoisotopic (exact) mass is 402 g/mol. The predicted molar refractivity (Wildman–Crippen MR) is 111 cm³/mol. The lowest BCUT2D eigenvalue weighted by molar-refractivity contribution is 0.0734. The van der Waals surface area contributed by atoms with Gasteiger partial charge in [0.15, 0.2) is 5.76 Å². The van der Waals surface area contributed by atoms with Gasteiger partial charge < -0.3 is 9.47 Å². The van der Waals surface area contributed by atoms with E-state index in [0.29, 0.717) is 21.9 Å². The number of esters is 1. The number of ether oxygens (including phenoxy) is 2. The zero-order valence-corrected chi connectivity index (χ0v) is 15.9. The zero-order chi connectivity index (χ0) is 20.2. The molecule has 5 heteroatoms. The maximum Gasteiger partial charge on any atom is 0.343 e. The smallest absolute Gasteiger partial charge is 0.343 e. The van der Waals surface area contributed by atoms with Crippen molar-refractivity contribution in [3.05, 3.63) is 112 Å². The van der Waals surface area contributed by atoms with Crippen molar-refractivity contribution < 1.29 is 19.1 Å². The molecule has 0 atom stereocenters. The van der Waals surface area contributed by atoms with E-state index < -0.39 is 5.97 Å². The highest BCUT2D eigenvalue weighted by atomic mass is 35.5. The van der Waals surface area contributed by atoms with Gasteiger partial charge in [-0.3, -0.25) is 4.79 Å². The molecule has 0 N–H and O–H groups in total. The number of halogens is 1. The van der Waals surface area contributed by atoms with Crippen LogP contribution in [0.5, 0.6) is 11.5 Å². The van der Waals surface area contributed by atoms with E-state index in [-0.39, 0.29) is 17.3 Å². The molecule has 1 aliphatic rings. The maximum atomic E-state index is 12.5. The average Bonchev–Trinajstić information content (AvgIpc) is 3.04. The van der Waals surface area contributed by atoms with Crippen LogP contribution in [0.1, 0.15) is 26.3 Å². The third-order valence-corrected chi connectivity index (χ3v) is 4.52. The van der Waals surface area contributed by atoms with Gasteiger partial charge >= 0.3 is 5.97 Å². The van der Waals surface area contributed by atoms with Crippen LogP contribution in [-0.4, -0.2) is 11.8 Å². The minimum absolute atomic E-state index is 0.215. The third kappa shape index (κ3) is 4.28. The van der Waals surface area contributed by atoms with Gasteiger partial charge in [0.05, 0.1) is 11.1 Å². The van der Waals surface area contributed by atoms with Crippen molar-refractivity contribution in [1.29, 1.82) is 0 Å². The SMILES string of the molecule is O=C(Oc1ccc2c(c1)O/C(=C/C=C/c1ccccc1)C2=O)c1ccc(Cl)cc1. The number of hydrogen-bond acceptors (Lipinski definition) is 4. The number of allylic oxidation sites excluding steroid dienone is 3. The summed E-state index contributed by atoms with van der Waals surface area (Å²) in [4.78, 5) is 24.7. The number of carbonyl (C=O) groups excluding carboxylic acids is 2. The summed E-state index contributed by atoms with van der Waals surface area (Å²) in [5, 5.41) is 0.534. The first-order valence-electron chi connectivity index (χ1n) is 8.88. The Hall–Kier alpha value is -3.63. The van der Waals surface area contributed by atoms with Crippen molar-refractivity contribution in [2.45, 2.75) is 0 Å². The van der Waals surface area contributed by atoms with Crippen molar-refractivity contribution >= 4 is 29.4 Å². The fourth-order valence-electron chi connectivity index (χ4n) is 2.81. The molecule has 1 heterocycles. The standard InChI is InChI=1S/C24H15ClO4/c25-18-11-9-17(10-12-18)24(27)28-19-13-14-20-22(15-19)29-21(23(20)26)8-4-7-16-5-2-1-3-6-16/h1-15H/b7-4+,21-8+. The first-order chi connectivity index (χ1) is 14.1. The van der Waals surface area contributed by atoms with Crippen molar-refractivity contribution in [2.24, 2.45) is 0 Å². The van der Waals surface area contributed by atoms with Crippen LogP contribution in [0.2, 0.25) is 5.02 Å². The molecule has 0 fully saturated rings. The van der Waals surface area contributed by atoms with E-state index in [1.807, 2.05) is 36.4 Å². The molecule has 3 aromatic rings. The summed E-state index contributed by atoms with van der Waals surface area (Å²) in [5.41, 5.74) is 1.82. The Morgan fingerprint density at radius 1 is 0.966 bits per heavy atom. The molecule has 0 spiro atoms. The second-order valence-corrected chi connectivity index (χ2v) is 6.72. The lowest BCUT2D eigenvalue weighted by Crippen LogP contribution is -2.08. The molecule has 1 aliphatic heterocycles. The molecule has 0 amide bonds. The molecular formula is C24H15ClO4. The molecule has 29 heavy (non-hydrogen) atoms. The topological polar surface area (TPSA) is 52.6 Å². The summed E-state index contributed by atoms with van der Waals surface area (Å²) in [6, 6.07) is 20.8. The summed E-state index contributed by atoms with van der Waals surface area (Å²) in [7, 11) is 0. The predicted octanol–water partition coefficient (Wildman–Crippen LogP) is 5.73. The van der Waals surface area contributed by atoms with E-state index in [0.717, 1.165) is 5.56 Å². The second kappa shape index (κ2) is 8.17. The highest BCUT2D eigenvalue weighted by Gasteiger charge is 2.27. The molecule has 4 nitrogen and oxygen atoms in total. The molecule has 0 saturated heterocycles. The Morgan fingerprint density at radius 3 is 2.48 bits per heavy atom. The van der Waals surface area contributed by atoms with Crippen LogP contribution in [0.15, 0.2) is 90.7 Å². The summed E-state index contributed by atoms with van der Waals surface area (Å²) in [6.45, 7) is 0. The Labute approximate surface area is 172 Å². The minimum atomic E-state index is -0.521. The molecule has 142 valence electrons. The second-order valence-electron chi connectivity index (χ2n) is 6.29. The molecule has 0 radical (unpaired) electrons. The van der Waals surface area contributed by atoms with E-state index in [9.17, 15) is 9.59 Å². The lowest BCUT2D eigenvalue weighted by atomic mass is 10.1. The van der Waals surface area contributed by atoms with E-state index in [2.05, 4.69) is 0 Å². The van der Waals surface area contributed by atoms with E-state index in [1.54, 1.807) is 48.6 Å². The van der Waals surface area contributed by atoms with Gasteiger partial charge in [0.1, 0.15) is 11.5 Å². The van der Waals surface area contributed by atoms with Gasteiger partial charge in [-0.15, -0.1) is 0 Å². The normalized spacial score (nSPS) is 14.1. The van der Waals surface area contributed by atoms with Crippen molar-refractivity contribution in [3.63, 3.8) is 0 Å². The molecule has 0 bridgehead atoms. The van der Waals surface area contributed by atoms with Gasteiger partial charge in [-0.1, -0.05) is 54.1 Å². The molecule has 0 saturated carbocycles. The number of benzene rings is 3. The zero-order valence-electron chi connectivity index (χ0n) is 15.2. The van der Waals surface area contributed by atoms with E-state index >= 15 is 0 Å². The molecular weight excluding hydrogens is 388 g/mol. The first kappa shape index (κ1) is 18.7. The summed E-state index contributed by atoms with van der Waals surface area (Å²) < 4.78 is 11.0. The Morgan fingerprint density at radius 2 is 1.72 bits per heavy atom. The van der Waals surface area contributed by atoms with Gasteiger partial charge in [-0.25, -0.2) is 4.79 Å². The summed E-state index contributed by atoms with van der Waals surface area (Å²) >= 11 is 5.83. The number of fused-ring (bicyclic) bond motifs is 1. The quantitative estimate of drug-likeness (QED) is 0.317. The van der Waals surface area contributed by atoms with Crippen LogP contribution < -0.4 is 9.47 Å². The van der Waals surface area contributed by atoms with E-state index in [4.69, 9.17) is 21.1 Å². The number of ketones is 1. The van der Waals surface area contributed by atoms with Crippen LogP contribution in [0.4, 0.5) is 0 Å². The number of hydrogen-bond donors (Lipinski definition) is 0. The number of carbonyl (C=O) groups is 2. The van der Waals surface area contributed by atoms with Crippen LogP contribution in [-0.2, 0) is 0 Å². The van der Waals surface area contributed by atoms with Crippen LogP contribution in [0, 0.1) is 0 Å². The molecule has 3 aromatic carbocycles.